The summed E-state index contributed by atoms with van der Waals surface area (Å²) in [5.41, 5.74) is 3.62. The lowest BCUT2D eigenvalue weighted by Gasteiger charge is -2.19. The lowest BCUT2D eigenvalue weighted by Crippen LogP contribution is -2.18. The molecule has 0 spiro atoms. The van der Waals surface area contributed by atoms with E-state index in [0.29, 0.717) is 0 Å². The summed E-state index contributed by atoms with van der Waals surface area (Å²) >= 11 is 5.91. The maximum atomic E-state index is 5.91. The van der Waals surface area contributed by atoms with Gasteiger partial charge < -0.3 is 5.32 Å². The van der Waals surface area contributed by atoms with E-state index in [1.54, 1.807) is 0 Å². The molecule has 2 aromatic rings. The molecular formula is C14H15ClN2. The Hall–Kier alpha value is -1.38. The Morgan fingerprint density at radius 2 is 1.88 bits per heavy atom. The minimum atomic E-state index is 0.176. The van der Waals surface area contributed by atoms with E-state index in [2.05, 4.69) is 17.2 Å². The van der Waals surface area contributed by atoms with E-state index in [1.807, 2.05) is 49.8 Å². The van der Waals surface area contributed by atoms with Crippen LogP contribution in [0.3, 0.4) is 0 Å². The number of rotatable bonds is 3. The normalized spacial score (nSPS) is 12.4. The maximum absolute atomic E-state index is 5.91. The highest BCUT2D eigenvalue weighted by Gasteiger charge is 2.13. The number of aromatic nitrogens is 1. The molecule has 1 unspecified atom stereocenters. The molecule has 2 rings (SSSR count). The van der Waals surface area contributed by atoms with Crippen LogP contribution in [-0.4, -0.2) is 12.0 Å². The topological polar surface area (TPSA) is 24.9 Å². The number of nitrogens with one attached hydrogen (secondary N) is 1. The largest absolute Gasteiger partial charge is 0.309 e. The van der Waals surface area contributed by atoms with E-state index in [-0.39, 0.29) is 6.04 Å². The molecule has 88 valence electrons. The van der Waals surface area contributed by atoms with Crippen LogP contribution >= 0.6 is 11.6 Å². The molecule has 2 nitrogen and oxygen atoms in total. The van der Waals surface area contributed by atoms with E-state index in [1.165, 1.54) is 16.7 Å². The Balaban J connectivity index is 2.40. The third-order valence-corrected chi connectivity index (χ3v) is 3.12. The van der Waals surface area contributed by atoms with E-state index in [4.69, 9.17) is 11.6 Å². The van der Waals surface area contributed by atoms with Crippen LogP contribution in [0.1, 0.15) is 22.7 Å². The van der Waals surface area contributed by atoms with Gasteiger partial charge in [0.05, 0.1) is 6.04 Å². The average molecular weight is 247 g/mol. The third-order valence-electron chi connectivity index (χ3n) is 2.87. The van der Waals surface area contributed by atoms with Crippen LogP contribution in [0, 0.1) is 6.92 Å². The first-order valence-corrected chi connectivity index (χ1v) is 5.93. The number of pyridine rings is 1. The van der Waals surface area contributed by atoms with Crippen molar-refractivity contribution in [2.75, 3.05) is 7.05 Å². The molecule has 0 fully saturated rings. The average Bonchev–Trinajstić information content (AvgIpc) is 2.35. The maximum Gasteiger partial charge on any atom is 0.0578 e. The van der Waals surface area contributed by atoms with Crippen LogP contribution < -0.4 is 5.32 Å². The molecule has 1 atom stereocenters. The van der Waals surface area contributed by atoms with Crippen LogP contribution in [0.5, 0.6) is 0 Å². The van der Waals surface area contributed by atoms with Crippen LogP contribution in [0.4, 0.5) is 0 Å². The summed E-state index contributed by atoms with van der Waals surface area (Å²) in [5.74, 6) is 0. The number of nitrogens with zero attached hydrogens (tertiary/aromatic N) is 1. The summed E-state index contributed by atoms with van der Waals surface area (Å²) in [6.45, 7) is 2.07. The van der Waals surface area contributed by atoms with Crippen molar-refractivity contribution in [2.24, 2.45) is 0 Å². The summed E-state index contributed by atoms with van der Waals surface area (Å²) in [6, 6.07) is 10.1. The second kappa shape index (κ2) is 5.30. The minimum Gasteiger partial charge on any atom is -0.309 e. The van der Waals surface area contributed by atoms with Gasteiger partial charge in [-0.2, -0.15) is 0 Å². The molecule has 0 aliphatic carbocycles. The fourth-order valence-corrected chi connectivity index (χ4v) is 2.09. The second-order valence-corrected chi connectivity index (χ2v) is 4.44. The van der Waals surface area contributed by atoms with Crippen molar-refractivity contribution in [1.82, 2.24) is 10.3 Å². The second-order valence-electron chi connectivity index (χ2n) is 4.01. The zero-order valence-electron chi connectivity index (χ0n) is 9.94. The van der Waals surface area contributed by atoms with Gasteiger partial charge in [-0.15, -0.1) is 0 Å². The van der Waals surface area contributed by atoms with Crippen molar-refractivity contribution in [1.29, 1.82) is 0 Å². The Morgan fingerprint density at radius 1 is 1.18 bits per heavy atom. The lowest BCUT2D eigenvalue weighted by molar-refractivity contribution is 0.686. The number of halogens is 1. The number of hydrogen-bond acceptors (Lipinski definition) is 2. The fraction of sp³-hybridized carbons (Fsp3) is 0.214. The van der Waals surface area contributed by atoms with E-state index in [0.717, 1.165) is 5.02 Å². The monoisotopic (exact) mass is 246 g/mol. The van der Waals surface area contributed by atoms with Crippen molar-refractivity contribution >= 4 is 11.6 Å². The van der Waals surface area contributed by atoms with Crippen molar-refractivity contribution < 1.29 is 0 Å². The summed E-state index contributed by atoms with van der Waals surface area (Å²) in [6.07, 6.45) is 3.71. The zero-order valence-corrected chi connectivity index (χ0v) is 10.7. The highest BCUT2D eigenvalue weighted by Crippen LogP contribution is 2.24. The highest BCUT2D eigenvalue weighted by molar-refractivity contribution is 6.30. The number of aryl methyl sites for hydroxylation is 1. The van der Waals surface area contributed by atoms with Gasteiger partial charge in [-0.1, -0.05) is 23.7 Å². The van der Waals surface area contributed by atoms with Gasteiger partial charge in [-0.3, -0.25) is 4.98 Å². The van der Waals surface area contributed by atoms with Crippen LogP contribution in [-0.2, 0) is 0 Å². The van der Waals surface area contributed by atoms with Gasteiger partial charge in [0, 0.05) is 17.4 Å². The van der Waals surface area contributed by atoms with Crippen molar-refractivity contribution in [3.63, 3.8) is 0 Å². The minimum absolute atomic E-state index is 0.176. The first-order chi connectivity index (χ1) is 8.22. The molecule has 1 aromatic heterocycles. The van der Waals surface area contributed by atoms with E-state index < -0.39 is 0 Å². The molecule has 0 radical (unpaired) electrons. The molecule has 0 saturated heterocycles. The SMILES string of the molecule is CNC(c1ccc(Cl)cc1)c1ccncc1C. The molecule has 0 aliphatic rings. The predicted octanol–water partition coefficient (Wildman–Crippen LogP) is 3.35. The Kier molecular flexibility index (Phi) is 3.77. The lowest BCUT2D eigenvalue weighted by atomic mass is 9.97. The smallest absolute Gasteiger partial charge is 0.0578 e. The van der Waals surface area contributed by atoms with Crippen molar-refractivity contribution in [3.8, 4) is 0 Å². The molecule has 0 aliphatic heterocycles. The third kappa shape index (κ3) is 2.65. The Bertz CT molecular complexity index is 494. The molecule has 0 saturated carbocycles. The zero-order chi connectivity index (χ0) is 12.3. The molecule has 1 N–H and O–H groups in total. The van der Waals surface area contributed by atoms with E-state index in [9.17, 15) is 0 Å². The molecule has 0 bridgehead atoms. The first kappa shape index (κ1) is 12.1. The molecule has 17 heavy (non-hydrogen) atoms. The van der Waals surface area contributed by atoms with Gasteiger partial charge >= 0.3 is 0 Å². The summed E-state index contributed by atoms with van der Waals surface area (Å²) in [5, 5.41) is 4.08. The van der Waals surface area contributed by atoms with Crippen molar-refractivity contribution in [2.45, 2.75) is 13.0 Å². The quantitative estimate of drug-likeness (QED) is 0.899. The highest BCUT2D eigenvalue weighted by atomic mass is 35.5. The molecule has 1 heterocycles. The van der Waals surface area contributed by atoms with Gasteiger partial charge in [-0.25, -0.2) is 0 Å². The Labute approximate surface area is 107 Å². The molecule has 3 heteroatoms. The predicted molar refractivity (Wildman–Crippen MR) is 71.3 cm³/mol. The molecule has 0 amide bonds. The Morgan fingerprint density at radius 3 is 2.47 bits per heavy atom. The first-order valence-electron chi connectivity index (χ1n) is 5.55. The van der Waals surface area contributed by atoms with Gasteiger partial charge in [0.15, 0.2) is 0 Å². The van der Waals surface area contributed by atoms with E-state index >= 15 is 0 Å². The van der Waals surface area contributed by atoms with Gasteiger partial charge in [0.2, 0.25) is 0 Å². The van der Waals surface area contributed by atoms with Crippen molar-refractivity contribution in [3.05, 3.63) is 64.4 Å². The van der Waals surface area contributed by atoms with Gasteiger partial charge in [-0.05, 0) is 48.9 Å². The fourth-order valence-electron chi connectivity index (χ4n) is 1.97. The standard InChI is InChI=1S/C14H15ClN2/c1-10-9-17-8-7-13(10)14(16-2)11-3-5-12(15)6-4-11/h3-9,14,16H,1-2H3. The molecular weight excluding hydrogens is 232 g/mol. The van der Waals surface area contributed by atoms with Gasteiger partial charge in [0.1, 0.15) is 0 Å². The van der Waals surface area contributed by atoms with Crippen LogP contribution in [0.2, 0.25) is 5.02 Å². The number of hydrogen-bond donors (Lipinski definition) is 1. The summed E-state index contributed by atoms with van der Waals surface area (Å²) < 4.78 is 0. The van der Waals surface area contributed by atoms with Crippen LogP contribution in [0.15, 0.2) is 42.7 Å². The summed E-state index contributed by atoms with van der Waals surface area (Å²) in [4.78, 5) is 4.12. The van der Waals surface area contributed by atoms with Crippen LogP contribution in [0.25, 0.3) is 0 Å². The van der Waals surface area contributed by atoms with Gasteiger partial charge in [0.25, 0.3) is 0 Å². The summed E-state index contributed by atoms with van der Waals surface area (Å²) in [7, 11) is 1.96. The molecule has 1 aromatic carbocycles. The number of benzene rings is 1.